The third kappa shape index (κ3) is 5.16. The van der Waals surface area contributed by atoms with E-state index in [1.54, 1.807) is 0 Å². The van der Waals surface area contributed by atoms with Crippen LogP contribution in [0.2, 0.25) is 0 Å². The molecule has 0 N–H and O–H groups in total. The van der Waals surface area contributed by atoms with Crippen LogP contribution in [0.25, 0.3) is 21.9 Å². The third-order valence-electron chi connectivity index (χ3n) is 6.66. The largest absolute Gasteiger partial charge is 0.492 e. The van der Waals surface area contributed by atoms with Crippen molar-refractivity contribution in [2.75, 3.05) is 52.5 Å². The van der Waals surface area contributed by atoms with Crippen LogP contribution in [0.1, 0.15) is 38.5 Å². The monoisotopic (exact) mass is 422 g/mol. The van der Waals surface area contributed by atoms with Crippen LogP contribution in [-0.2, 0) is 0 Å². The van der Waals surface area contributed by atoms with E-state index in [2.05, 4.69) is 21.9 Å². The standard InChI is InChI=1S/C26H34N2O3/c1-3-11-27(12-4-1)15-17-29-21-7-9-25-23(19-21)24-20-22(8-10-26(24)31-25)30-18-16-28-13-5-2-6-14-28/h7-10,19-20H,1-6,11-18H2. The number of piperidine rings is 2. The molecule has 0 amide bonds. The lowest BCUT2D eigenvalue weighted by atomic mass is 10.1. The Labute approximate surface area is 184 Å². The van der Waals surface area contributed by atoms with Crippen molar-refractivity contribution in [2.45, 2.75) is 38.5 Å². The Morgan fingerprint density at radius 3 is 1.52 bits per heavy atom. The average molecular weight is 423 g/mol. The van der Waals surface area contributed by atoms with Gasteiger partial charge in [-0.2, -0.15) is 0 Å². The second-order valence-electron chi connectivity index (χ2n) is 8.92. The molecule has 0 saturated carbocycles. The van der Waals surface area contributed by atoms with E-state index in [-0.39, 0.29) is 0 Å². The van der Waals surface area contributed by atoms with Gasteiger partial charge in [-0.15, -0.1) is 0 Å². The van der Waals surface area contributed by atoms with E-state index < -0.39 is 0 Å². The number of benzene rings is 2. The maximum absolute atomic E-state index is 6.08. The number of nitrogens with zero attached hydrogens (tertiary/aromatic N) is 2. The summed E-state index contributed by atoms with van der Waals surface area (Å²) in [5, 5.41) is 2.18. The van der Waals surface area contributed by atoms with Crippen LogP contribution in [0, 0.1) is 0 Å². The average Bonchev–Trinajstić information content (AvgIpc) is 3.18. The molecule has 2 saturated heterocycles. The Bertz CT molecular complexity index is 909. The third-order valence-corrected chi connectivity index (χ3v) is 6.66. The Balaban J connectivity index is 1.23. The van der Waals surface area contributed by atoms with E-state index in [1.807, 2.05) is 24.3 Å². The van der Waals surface area contributed by atoms with Crippen LogP contribution >= 0.6 is 0 Å². The van der Waals surface area contributed by atoms with Crippen molar-refractivity contribution in [3.63, 3.8) is 0 Å². The molecule has 5 rings (SSSR count). The van der Waals surface area contributed by atoms with Crippen molar-refractivity contribution >= 4 is 21.9 Å². The number of hydrogen-bond acceptors (Lipinski definition) is 5. The Kier molecular flexibility index (Phi) is 6.61. The molecule has 2 fully saturated rings. The van der Waals surface area contributed by atoms with Gasteiger partial charge < -0.3 is 13.9 Å². The SMILES string of the molecule is c1cc2oc3ccc(OCCN4CCCCC4)cc3c2cc1OCCN1CCCCC1. The first-order valence-electron chi connectivity index (χ1n) is 12.0. The number of hydrogen-bond donors (Lipinski definition) is 0. The molecule has 31 heavy (non-hydrogen) atoms. The fourth-order valence-corrected chi connectivity index (χ4v) is 4.87. The zero-order valence-electron chi connectivity index (χ0n) is 18.5. The number of fused-ring (bicyclic) bond motifs is 3. The first-order valence-corrected chi connectivity index (χ1v) is 12.0. The summed E-state index contributed by atoms with van der Waals surface area (Å²) in [6.07, 6.45) is 7.99. The molecule has 0 spiro atoms. The molecule has 5 nitrogen and oxygen atoms in total. The second kappa shape index (κ2) is 9.92. The zero-order chi connectivity index (χ0) is 20.9. The molecule has 2 aromatic carbocycles. The van der Waals surface area contributed by atoms with Gasteiger partial charge in [0.05, 0.1) is 0 Å². The Morgan fingerprint density at radius 2 is 1.06 bits per heavy atom. The molecule has 1 aromatic heterocycles. The molecule has 2 aliphatic rings. The van der Waals surface area contributed by atoms with Gasteiger partial charge in [-0.25, -0.2) is 0 Å². The van der Waals surface area contributed by atoms with Crippen molar-refractivity contribution < 1.29 is 13.9 Å². The summed E-state index contributed by atoms with van der Waals surface area (Å²) >= 11 is 0. The highest BCUT2D eigenvalue weighted by atomic mass is 16.5. The summed E-state index contributed by atoms with van der Waals surface area (Å²) in [4.78, 5) is 5.01. The maximum atomic E-state index is 6.08. The number of furan rings is 1. The van der Waals surface area contributed by atoms with E-state index >= 15 is 0 Å². The maximum Gasteiger partial charge on any atom is 0.135 e. The van der Waals surface area contributed by atoms with Gasteiger partial charge in [0.25, 0.3) is 0 Å². The molecule has 0 aliphatic carbocycles. The van der Waals surface area contributed by atoms with E-state index in [4.69, 9.17) is 13.9 Å². The Morgan fingerprint density at radius 1 is 0.613 bits per heavy atom. The predicted octanol–water partition coefficient (Wildman–Crippen LogP) is 5.32. The molecular formula is C26H34N2O3. The summed E-state index contributed by atoms with van der Waals surface area (Å²) < 4.78 is 18.2. The molecule has 0 bridgehead atoms. The first kappa shape index (κ1) is 20.7. The predicted molar refractivity (Wildman–Crippen MR) is 125 cm³/mol. The zero-order valence-corrected chi connectivity index (χ0v) is 18.5. The normalized spacial score (nSPS) is 18.6. The molecule has 5 heteroatoms. The van der Waals surface area contributed by atoms with Gasteiger partial charge in [0, 0.05) is 23.9 Å². The van der Waals surface area contributed by atoms with Crippen molar-refractivity contribution in [1.29, 1.82) is 0 Å². The van der Waals surface area contributed by atoms with Crippen molar-refractivity contribution in [3.8, 4) is 11.5 Å². The molecule has 166 valence electrons. The smallest absolute Gasteiger partial charge is 0.135 e. The van der Waals surface area contributed by atoms with Crippen LogP contribution in [-0.4, -0.2) is 62.3 Å². The highest BCUT2D eigenvalue weighted by molar-refractivity contribution is 6.05. The quantitative estimate of drug-likeness (QED) is 0.491. The summed E-state index contributed by atoms with van der Waals surface area (Å²) in [6, 6.07) is 12.3. The molecule has 0 unspecified atom stereocenters. The van der Waals surface area contributed by atoms with Gasteiger partial charge in [0.2, 0.25) is 0 Å². The second-order valence-corrected chi connectivity index (χ2v) is 8.92. The van der Waals surface area contributed by atoms with E-state index in [0.29, 0.717) is 0 Å². The van der Waals surface area contributed by atoms with Gasteiger partial charge in [0.1, 0.15) is 35.9 Å². The highest BCUT2D eigenvalue weighted by Crippen LogP contribution is 2.33. The van der Waals surface area contributed by atoms with Gasteiger partial charge in [0.15, 0.2) is 0 Å². The molecule has 0 radical (unpaired) electrons. The molecule has 0 atom stereocenters. The lowest BCUT2D eigenvalue weighted by Gasteiger charge is -2.26. The minimum atomic E-state index is 0.728. The minimum Gasteiger partial charge on any atom is -0.492 e. The van der Waals surface area contributed by atoms with Gasteiger partial charge in [-0.05, 0) is 88.3 Å². The van der Waals surface area contributed by atoms with E-state index in [1.165, 1.54) is 64.7 Å². The minimum absolute atomic E-state index is 0.728. The van der Waals surface area contributed by atoms with Gasteiger partial charge >= 0.3 is 0 Å². The summed E-state index contributed by atoms with van der Waals surface area (Å²) in [7, 11) is 0. The fourth-order valence-electron chi connectivity index (χ4n) is 4.87. The first-order chi connectivity index (χ1) is 15.3. The highest BCUT2D eigenvalue weighted by Gasteiger charge is 2.13. The summed E-state index contributed by atoms with van der Waals surface area (Å²) in [5.74, 6) is 1.81. The van der Waals surface area contributed by atoms with Crippen molar-refractivity contribution in [3.05, 3.63) is 36.4 Å². The number of ether oxygens (including phenoxy) is 2. The number of rotatable bonds is 8. The molecule has 3 aromatic rings. The van der Waals surface area contributed by atoms with Crippen LogP contribution < -0.4 is 9.47 Å². The summed E-state index contributed by atoms with van der Waals surface area (Å²) in [6.45, 7) is 8.27. The topological polar surface area (TPSA) is 38.1 Å². The Hall–Kier alpha value is -2.24. The van der Waals surface area contributed by atoms with Gasteiger partial charge in [-0.3, -0.25) is 9.80 Å². The van der Waals surface area contributed by atoms with E-state index in [9.17, 15) is 0 Å². The number of likely N-dealkylation sites (tertiary alicyclic amines) is 2. The van der Waals surface area contributed by atoms with Crippen LogP contribution in [0.5, 0.6) is 11.5 Å². The van der Waals surface area contributed by atoms with Crippen LogP contribution in [0.4, 0.5) is 0 Å². The van der Waals surface area contributed by atoms with Crippen molar-refractivity contribution in [1.82, 2.24) is 9.80 Å². The molecule has 2 aliphatic heterocycles. The van der Waals surface area contributed by atoms with Crippen LogP contribution in [0.15, 0.2) is 40.8 Å². The van der Waals surface area contributed by atoms with Crippen molar-refractivity contribution in [2.24, 2.45) is 0 Å². The lowest BCUT2D eigenvalue weighted by Crippen LogP contribution is -2.33. The van der Waals surface area contributed by atoms with E-state index in [0.717, 1.165) is 59.7 Å². The lowest BCUT2D eigenvalue weighted by molar-refractivity contribution is 0.183. The van der Waals surface area contributed by atoms with Gasteiger partial charge in [-0.1, -0.05) is 12.8 Å². The van der Waals surface area contributed by atoms with Crippen LogP contribution in [0.3, 0.4) is 0 Å². The molecular weight excluding hydrogens is 388 g/mol. The fraction of sp³-hybridized carbons (Fsp3) is 0.538. The molecule has 3 heterocycles. The summed E-state index contributed by atoms with van der Waals surface area (Å²) in [5.41, 5.74) is 1.78.